The van der Waals surface area contributed by atoms with Crippen molar-refractivity contribution in [2.75, 3.05) is 38.9 Å². The first-order chi connectivity index (χ1) is 12.1. The maximum absolute atomic E-state index is 12.2. The van der Waals surface area contributed by atoms with Gasteiger partial charge in [-0.2, -0.15) is 0 Å². The molecular weight excluding hydrogens is 322 g/mol. The number of benzene rings is 2. The summed E-state index contributed by atoms with van der Waals surface area (Å²) in [6.45, 7) is -0.0217. The van der Waals surface area contributed by atoms with Gasteiger partial charge in [-0.25, -0.2) is 0 Å². The number of nitrogens with zero attached hydrogens (tertiary/aromatic N) is 1. The summed E-state index contributed by atoms with van der Waals surface area (Å²) in [5.41, 5.74) is 9.07. The Balaban J connectivity index is 2.39. The molecule has 0 spiro atoms. The Morgan fingerprint density at radius 3 is 2.24 bits per heavy atom. The number of carbonyl (C=O) groups excluding carboxylic acids is 1. The number of ether oxygens (including phenoxy) is 3. The normalized spacial score (nSPS) is 13.2. The Kier molecular flexibility index (Phi) is 4.47. The summed E-state index contributed by atoms with van der Waals surface area (Å²) < 4.78 is 16.3. The van der Waals surface area contributed by atoms with Gasteiger partial charge >= 0.3 is 0 Å². The lowest BCUT2D eigenvalue weighted by molar-refractivity contribution is -0.114. The van der Waals surface area contributed by atoms with Crippen LogP contribution in [-0.2, 0) is 4.79 Å². The molecule has 1 amide bonds. The van der Waals surface area contributed by atoms with Gasteiger partial charge in [0.25, 0.3) is 0 Å². The Bertz CT molecular complexity index is 847. The van der Waals surface area contributed by atoms with Crippen LogP contribution in [0.5, 0.6) is 17.2 Å². The highest BCUT2D eigenvalue weighted by Crippen LogP contribution is 2.50. The van der Waals surface area contributed by atoms with Gasteiger partial charge in [0.1, 0.15) is 6.54 Å². The second-order valence-electron chi connectivity index (χ2n) is 5.34. The van der Waals surface area contributed by atoms with Crippen molar-refractivity contribution < 1.29 is 19.0 Å². The lowest BCUT2D eigenvalue weighted by atomic mass is 9.97. The minimum Gasteiger partial charge on any atom is -0.491 e. The van der Waals surface area contributed by atoms with Crippen molar-refractivity contribution in [3.63, 3.8) is 0 Å². The first-order valence-corrected chi connectivity index (χ1v) is 7.63. The van der Waals surface area contributed by atoms with Crippen LogP contribution in [0.25, 0.3) is 0 Å². The lowest BCUT2D eigenvalue weighted by Crippen LogP contribution is -2.16. The zero-order chi connectivity index (χ0) is 18.0. The molecule has 0 atom stereocenters. The number of nitrogens with two attached hydrogens (primary N) is 1. The van der Waals surface area contributed by atoms with Crippen LogP contribution in [0.2, 0.25) is 0 Å². The van der Waals surface area contributed by atoms with Crippen LogP contribution in [0, 0.1) is 0 Å². The first kappa shape index (κ1) is 16.6. The number of amides is 1. The monoisotopic (exact) mass is 341 g/mol. The van der Waals surface area contributed by atoms with Crippen molar-refractivity contribution in [2.24, 2.45) is 4.99 Å². The van der Waals surface area contributed by atoms with E-state index in [0.29, 0.717) is 39.9 Å². The Morgan fingerprint density at radius 2 is 1.64 bits per heavy atom. The molecule has 0 aliphatic carbocycles. The number of anilines is 2. The minimum atomic E-state index is -0.267. The number of carbonyl (C=O) groups is 1. The number of methoxy groups -OCH3 is 3. The van der Waals surface area contributed by atoms with E-state index in [4.69, 9.17) is 19.9 Å². The molecule has 0 saturated heterocycles. The third-order valence-corrected chi connectivity index (χ3v) is 3.95. The van der Waals surface area contributed by atoms with Crippen LogP contribution in [0.3, 0.4) is 0 Å². The van der Waals surface area contributed by atoms with Crippen LogP contribution in [0.15, 0.2) is 35.3 Å². The Labute approximate surface area is 145 Å². The predicted molar refractivity (Wildman–Crippen MR) is 96.1 cm³/mol. The summed E-state index contributed by atoms with van der Waals surface area (Å²) in [5, 5.41) is 2.81. The van der Waals surface area contributed by atoms with Gasteiger partial charge in [0.05, 0.1) is 44.0 Å². The molecule has 2 aromatic rings. The average molecular weight is 341 g/mol. The summed E-state index contributed by atoms with van der Waals surface area (Å²) in [4.78, 5) is 16.6. The summed E-state index contributed by atoms with van der Waals surface area (Å²) in [5.74, 6) is 0.716. The van der Waals surface area contributed by atoms with Gasteiger partial charge in [-0.1, -0.05) is 30.3 Å². The van der Waals surface area contributed by atoms with Crippen LogP contribution in [0.4, 0.5) is 11.4 Å². The summed E-state index contributed by atoms with van der Waals surface area (Å²) in [7, 11) is 4.47. The highest BCUT2D eigenvalue weighted by molar-refractivity contribution is 6.23. The number of rotatable bonds is 4. The quantitative estimate of drug-likeness (QED) is 0.830. The van der Waals surface area contributed by atoms with Gasteiger partial charge in [-0.05, 0) is 0 Å². The summed E-state index contributed by atoms with van der Waals surface area (Å²) in [6.07, 6.45) is 0. The van der Waals surface area contributed by atoms with E-state index >= 15 is 0 Å². The first-order valence-electron chi connectivity index (χ1n) is 7.63. The van der Waals surface area contributed by atoms with Gasteiger partial charge in [-0.15, -0.1) is 0 Å². The molecule has 130 valence electrons. The number of aliphatic imine (C=N–C) groups is 1. The molecule has 0 bridgehead atoms. The second kappa shape index (κ2) is 6.72. The second-order valence-corrected chi connectivity index (χ2v) is 5.34. The zero-order valence-electron chi connectivity index (χ0n) is 14.3. The SMILES string of the molecule is COc1c(N)c2c(c(OC)c1OC)NC(=O)CN=C2c1ccccc1. The minimum absolute atomic E-state index is 0.0217. The van der Waals surface area contributed by atoms with E-state index in [1.54, 1.807) is 0 Å². The molecule has 2 aromatic carbocycles. The molecule has 1 heterocycles. The molecule has 0 saturated carbocycles. The Morgan fingerprint density at radius 1 is 1.00 bits per heavy atom. The maximum Gasteiger partial charge on any atom is 0.246 e. The number of nitrogens with one attached hydrogen (secondary N) is 1. The number of hydrogen-bond donors (Lipinski definition) is 2. The molecule has 0 aromatic heterocycles. The molecule has 0 radical (unpaired) electrons. The third-order valence-electron chi connectivity index (χ3n) is 3.95. The van der Waals surface area contributed by atoms with E-state index in [1.165, 1.54) is 21.3 Å². The Hall–Kier alpha value is -3.22. The molecule has 7 heteroatoms. The molecule has 3 N–H and O–H groups in total. The van der Waals surface area contributed by atoms with E-state index in [0.717, 1.165) is 5.56 Å². The number of benzodiazepines with no additional fused rings is 1. The van der Waals surface area contributed by atoms with E-state index in [9.17, 15) is 4.79 Å². The average Bonchev–Trinajstić information content (AvgIpc) is 2.81. The number of hydrogen-bond acceptors (Lipinski definition) is 6. The zero-order valence-corrected chi connectivity index (χ0v) is 14.3. The summed E-state index contributed by atoms with van der Waals surface area (Å²) in [6, 6.07) is 9.50. The van der Waals surface area contributed by atoms with Gasteiger partial charge in [0, 0.05) is 5.56 Å². The van der Waals surface area contributed by atoms with Crippen LogP contribution in [0.1, 0.15) is 11.1 Å². The lowest BCUT2D eigenvalue weighted by Gasteiger charge is -2.21. The van der Waals surface area contributed by atoms with E-state index in [2.05, 4.69) is 10.3 Å². The fourth-order valence-corrected chi connectivity index (χ4v) is 2.89. The highest BCUT2D eigenvalue weighted by atomic mass is 16.5. The van der Waals surface area contributed by atoms with Crippen molar-refractivity contribution in [1.29, 1.82) is 0 Å². The van der Waals surface area contributed by atoms with Crippen molar-refractivity contribution in [3.05, 3.63) is 41.5 Å². The van der Waals surface area contributed by atoms with Crippen LogP contribution < -0.4 is 25.3 Å². The maximum atomic E-state index is 12.2. The smallest absolute Gasteiger partial charge is 0.246 e. The van der Waals surface area contributed by atoms with Crippen molar-refractivity contribution in [3.8, 4) is 17.2 Å². The third kappa shape index (κ3) is 2.73. The summed E-state index contributed by atoms with van der Waals surface area (Å²) >= 11 is 0. The topological polar surface area (TPSA) is 95.2 Å². The van der Waals surface area contributed by atoms with E-state index in [-0.39, 0.29) is 12.5 Å². The fourth-order valence-electron chi connectivity index (χ4n) is 2.89. The molecular formula is C18H19N3O4. The predicted octanol–water partition coefficient (Wildman–Crippen LogP) is 2.08. The standard InChI is InChI=1S/C18H19N3O4/c1-23-16-13(19)12-14(10-7-5-4-6-8-10)20-9-11(22)21-15(12)17(24-2)18(16)25-3/h4-8H,9,19H2,1-3H3,(H,21,22). The van der Waals surface area contributed by atoms with Gasteiger partial charge in [-0.3, -0.25) is 9.79 Å². The van der Waals surface area contributed by atoms with Gasteiger partial charge in [0.2, 0.25) is 11.7 Å². The fraction of sp³-hybridized carbons (Fsp3) is 0.222. The largest absolute Gasteiger partial charge is 0.491 e. The number of nitrogen functional groups attached to an aromatic ring is 1. The van der Waals surface area contributed by atoms with Crippen LogP contribution >= 0.6 is 0 Å². The van der Waals surface area contributed by atoms with Gasteiger partial charge in [0.15, 0.2) is 11.5 Å². The van der Waals surface area contributed by atoms with Crippen molar-refractivity contribution in [2.45, 2.75) is 0 Å². The molecule has 3 rings (SSSR count). The molecule has 0 unspecified atom stereocenters. The van der Waals surface area contributed by atoms with E-state index < -0.39 is 0 Å². The van der Waals surface area contributed by atoms with Crippen molar-refractivity contribution in [1.82, 2.24) is 0 Å². The van der Waals surface area contributed by atoms with Crippen LogP contribution in [-0.4, -0.2) is 39.5 Å². The molecule has 0 fully saturated rings. The molecule has 7 nitrogen and oxygen atoms in total. The highest BCUT2D eigenvalue weighted by Gasteiger charge is 2.30. The molecule has 1 aliphatic rings. The van der Waals surface area contributed by atoms with Gasteiger partial charge < -0.3 is 25.3 Å². The molecule has 25 heavy (non-hydrogen) atoms. The van der Waals surface area contributed by atoms with E-state index in [1.807, 2.05) is 30.3 Å². The van der Waals surface area contributed by atoms with Crippen molar-refractivity contribution >= 4 is 23.0 Å². The molecule has 1 aliphatic heterocycles. The number of fused-ring (bicyclic) bond motifs is 1.